The van der Waals surface area contributed by atoms with Gasteiger partial charge in [0, 0.05) is 18.2 Å². The fourth-order valence-electron chi connectivity index (χ4n) is 3.04. The molecule has 1 aromatic rings. The molecule has 0 unspecified atom stereocenters. The van der Waals surface area contributed by atoms with Gasteiger partial charge in [-0.3, -0.25) is 9.59 Å². The van der Waals surface area contributed by atoms with Gasteiger partial charge < -0.3 is 10.4 Å². The van der Waals surface area contributed by atoms with Crippen molar-refractivity contribution in [1.29, 1.82) is 0 Å². The van der Waals surface area contributed by atoms with Crippen LogP contribution in [0.4, 0.5) is 5.69 Å². The summed E-state index contributed by atoms with van der Waals surface area (Å²) in [4.78, 5) is 23.7. The monoisotopic (exact) mass is 377 g/mol. The molecule has 4 nitrogen and oxygen atoms in total. The summed E-state index contributed by atoms with van der Waals surface area (Å²) in [5.41, 5.74) is 2.60. The molecule has 28 heavy (non-hydrogen) atoms. The minimum absolute atomic E-state index is 0.0196. The van der Waals surface area contributed by atoms with E-state index >= 15 is 0 Å². The molecule has 0 saturated heterocycles. The number of phenolic OH excluding ortho intramolecular Hbond substituents is 1. The van der Waals surface area contributed by atoms with Gasteiger partial charge in [-0.15, -0.1) is 0 Å². The molecule has 2 N–H and O–H groups in total. The van der Waals surface area contributed by atoms with Crippen LogP contribution in [0.1, 0.15) is 33.6 Å². The number of phenols is 1. The van der Waals surface area contributed by atoms with Gasteiger partial charge in [0.2, 0.25) is 5.91 Å². The molecule has 1 aromatic carbocycles. The third-order valence-corrected chi connectivity index (χ3v) is 4.73. The third kappa shape index (κ3) is 6.23. The Kier molecular flexibility index (Phi) is 7.33. The van der Waals surface area contributed by atoms with E-state index in [0.717, 1.165) is 17.6 Å². The molecule has 1 aliphatic carbocycles. The summed E-state index contributed by atoms with van der Waals surface area (Å²) in [5.74, 6) is 0.145. The van der Waals surface area contributed by atoms with E-state index in [9.17, 15) is 14.7 Å². The van der Waals surface area contributed by atoms with Crippen molar-refractivity contribution >= 4 is 17.4 Å². The summed E-state index contributed by atoms with van der Waals surface area (Å²) >= 11 is 0. The van der Waals surface area contributed by atoms with Crippen LogP contribution in [0.3, 0.4) is 0 Å². The topological polar surface area (TPSA) is 66.4 Å². The maximum Gasteiger partial charge on any atom is 0.248 e. The summed E-state index contributed by atoms with van der Waals surface area (Å²) in [6.45, 7) is 6.24. The van der Waals surface area contributed by atoms with Gasteiger partial charge >= 0.3 is 0 Å². The first-order valence-corrected chi connectivity index (χ1v) is 9.32. The SMILES string of the molecule is CC1=C(/C=C/C=C/C=C/C=C/C(=O)Nc2ccc(O)cc2)C(C)(C)CCC1=O. The second-order valence-corrected chi connectivity index (χ2v) is 7.37. The van der Waals surface area contributed by atoms with Crippen molar-refractivity contribution in [2.24, 2.45) is 5.41 Å². The lowest BCUT2D eigenvalue weighted by atomic mass is 9.72. The van der Waals surface area contributed by atoms with Crippen molar-refractivity contribution in [2.45, 2.75) is 33.6 Å². The average molecular weight is 377 g/mol. The number of Topliss-reactive ketones (excluding diaryl/α,β-unsaturated/α-hetero) is 1. The van der Waals surface area contributed by atoms with Crippen LogP contribution in [0.15, 0.2) is 84.0 Å². The van der Waals surface area contributed by atoms with Gasteiger partial charge in [0.05, 0.1) is 0 Å². The fraction of sp³-hybridized carbons (Fsp3) is 0.250. The zero-order valence-electron chi connectivity index (χ0n) is 16.6. The molecule has 0 atom stereocenters. The average Bonchev–Trinajstić information content (AvgIpc) is 2.65. The molecule has 0 saturated carbocycles. The fourth-order valence-corrected chi connectivity index (χ4v) is 3.04. The Hall–Kier alpha value is -3.14. The number of allylic oxidation sites excluding steroid dienone is 9. The molecule has 0 fully saturated rings. The van der Waals surface area contributed by atoms with Crippen LogP contribution in [-0.4, -0.2) is 16.8 Å². The zero-order valence-corrected chi connectivity index (χ0v) is 16.6. The Morgan fingerprint density at radius 1 is 1.04 bits per heavy atom. The number of aromatic hydroxyl groups is 1. The lowest BCUT2D eigenvalue weighted by Gasteiger charge is -2.31. The van der Waals surface area contributed by atoms with Gasteiger partial charge in [0.15, 0.2) is 5.78 Å². The van der Waals surface area contributed by atoms with E-state index in [1.807, 2.05) is 37.3 Å². The number of anilines is 1. The van der Waals surface area contributed by atoms with Crippen molar-refractivity contribution in [3.63, 3.8) is 0 Å². The van der Waals surface area contributed by atoms with Gasteiger partial charge in [0.1, 0.15) is 5.75 Å². The van der Waals surface area contributed by atoms with E-state index in [1.165, 1.54) is 18.2 Å². The standard InChI is InChI=1S/C24H27NO3/c1-18-21(24(2,3)17-16-22(18)27)10-8-6-4-5-7-9-11-23(28)25-19-12-14-20(26)15-13-19/h4-15,26H,16-17H2,1-3H3,(H,25,28)/b6-4+,7-5+,10-8+,11-9+. The first-order chi connectivity index (χ1) is 13.3. The number of ketones is 1. The number of benzene rings is 1. The van der Waals surface area contributed by atoms with Crippen LogP contribution < -0.4 is 5.32 Å². The number of hydrogen-bond acceptors (Lipinski definition) is 3. The predicted molar refractivity (Wildman–Crippen MR) is 114 cm³/mol. The highest BCUT2D eigenvalue weighted by Crippen LogP contribution is 2.39. The molecule has 4 heteroatoms. The highest BCUT2D eigenvalue weighted by molar-refractivity contribution is 5.99. The van der Waals surface area contributed by atoms with Gasteiger partial charge in [-0.05, 0) is 54.2 Å². The van der Waals surface area contributed by atoms with Crippen molar-refractivity contribution < 1.29 is 14.7 Å². The lowest BCUT2D eigenvalue weighted by molar-refractivity contribution is -0.116. The summed E-state index contributed by atoms with van der Waals surface area (Å²) < 4.78 is 0. The third-order valence-electron chi connectivity index (χ3n) is 4.73. The highest BCUT2D eigenvalue weighted by Gasteiger charge is 2.30. The molecule has 0 heterocycles. The van der Waals surface area contributed by atoms with Crippen molar-refractivity contribution in [3.05, 3.63) is 84.0 Å². The van der Waals surface area contributed by atoms with Crippen molar-refractivity contribution in [2.75, 3.05) is 5.32 Å². The number of carbonyl (C=O) groups excluding carboxylic acids is 2. The van der Waals surface area contributed by atoms with Gasteiger partial charge in [-0.25, -0.2) is 0 Å². The molecule has 0 radical (unpaired) electrons. The van der Waals surface area contributed by atoms with Gasteiger partial charge in [-0.1, -0.05) is 56.4 Å². The molecular formula is C24H27NO3. The van der Waals surface area contributed by atoms with E-state index in [4.69, 9.17) is 0 Å². The molecular weight excluding hydrogens is 350 g/mol. The Balaban J connectivity index is 1.84. The quantitative estimate of drug-likeness (QED) is 0.404. The number of hydrogen-bond donors (Lipinski definition) is 2. The smallest absolute Gasteiger partial charge is 0.248 e. The molecule has 1 amide bonds. The molecule has 146 valence electrons. The summed E-state index contributed by atoms with van der Waals surface area (Å²) in [7, 11) is 0. The number of carbonyl (C=O) groups is 2. The Morgan fingerprint density at radius 2 is 1.64 bits per heavy atom. The summed E-state index contributed by atoms with van der Waals surface area (Å²) in [6.07, 6.45) is 15.9. The predicted octanol–water partition coefficient (Wildman–Crippen LogP) is 5.26. The first kappa shape index (κ1) is 21.2. The zero-order chi connectivity index (χ0) is 20.6. The molecule has 0 aromatic heterocycles. The van der Waals surface area contributed by atoms with Crippen LogP contribution in [0.2, 0.25) is 0 Å². The van der Waals surface area contributed by atoms with E-state index < -0.39 is 0 Å². The minimum atomic E-state index is -0.245. The summed E-state index contributed by atoms with van der Waals surface area (Å²) in [6, 6.07) is 6.29. The maximum absolute atomic E-state index is 11.9. The Labute approximate surface area is 166 Å². The van der Waals surface area contributed by atoms with E-state index in [0.29, 0.717) is 12.1 Å². The second-order valence-electron chi connectivity index (χ2n) is 7.37. The normalized spacial score (nSPS) is 17.5. The number of nitrogens with one attached hydrogen (secondary N) is 1. The molecule has 1 aliphatic rings. The van der Waals surface area contributed by atoms with E-state index in [1.54, 1.807) is 24.3 Å². The summed E-state index contributed by atoms with van der Waals surface area (Å²) in [5, 5.41) is 11.9. The van der Waals surface area contributed by atoms with Crippen molar-refractivity contribution in [3.8, 4) is 5.75 Å². The second kappa shape index (κ2) is 9.70. The van der Waals surface area contributed by atoms with Gasteiger partial charge in [0.25, 0.3) is 0 Å². The lowest BCUT2D eigenvalue weighted by Crippen LogP contribution is -2.24. The first-order valence-electron chi connectivity index (χ1n) is 9.32. The van der Waals surface area contributed by atoms with Crippen LogP contribution >= 0.6 is 0 Å². The van der Waals surface area contributed by atoms with E-state index in [-0.39, 0.29) is 22.9 Å². The highest BCUT2D eigenvalue weighted by atomic mass is 16.3. The Bertz CT molecular complexity index is 866. The largest absolute Gasteiger partial charge is 0.508 e. The maximum atomic E-state index is 11.9. The van der Waals surface area contributed by atoms with Crippen molar-refractivity contribution in [1.82, 2.24) is 0 Å². The molecule has 0 aliphatic heterocycles. The van der Waals surface area contributed by atoms with Crippen LogP contribution in [0, 0.1) is 5.41 Å². The van der Waals surface area contributed by atoms with Gasteiger partial charge in [-0.2, -0.15) is 0 Å². The number of rotatable bonds is 6. The number of amides is 1. The van der Waals surface area contributed by atoms with Crippen LogP contribution in [0.5, 0.6) is 5.75 Å². The van der Waals surface area contributed by atoms with Crippen LogP contribution in [0.25, 0.3) is 0 Å². The minimum Gasteiger partial charge on any atom is -0.508 e. The molecule has 2 rings (SSSR count). The molecule has 0 bridgehead atoms. The van der Waals surface area contributed by atoms with E-state index in [2.05, 4.69) is 19.2 Å². The Morgan fingerprint density at radius 3 is 2.32 bits per heavy atom. The molecule has 0 spiro atoms. The van der Waals surface area contributed by atoms with Crippen LogP contribution in [-0.2, 0) is 9.59 Å².